The van der Waals surface area contributed by atoms with Crippen molar-refractivity contribution < 1.29 is 19.1 Å². The largest absolute Gasteiger partial charge is 0.463 e. The lowest BCUT2D eigenvalue weighted by atomic mass is 9.96. The van der Waals surface area contributed by atoms with Gasteiger partial charge in [-0.1, -0.05) is 11.8 Å². The summed E-state index contributed by atoms with van der Waals surface area (Å²) in [5.74, 6) is -0.431. The molecule has 1 amide bonds. The molecule has 0 spiro atoms. The molecule has 3 aliphatic rings. The number of carbonyl (C=O) groups excluding carboxylic acids is 2. The van der Waals surface area contributed by atoms with Crippen LogP contribution in [0.1, 0.15) is 44.7 Å². The molecule has 1 aromatic heterocycles. The summed E-state index contributed by atoms with van der Waals surface area (Å²) in [6.45, 7) is 5.22. The molecule has 1 N–H and O–H groups in total. The van der Waals surface area contributed by atoms with Crippen molar-refractivity contribution in [1.82, 2.24) is 10.2 Å². The van der Waals surface area contributed by atoms with E-state index in [4.69, 9.17) is 9.47 Å². The number of ether oxygens (including phenoxy) is 2. The van der Waals surface area contributed by atoms with Gasteiger partial charge in [-0.25, -0.2) is 9.79 Å². The second kappa shape index (κ2) is 9.36. The summed E-state index contributed by atoms with van der Waals surface area (Å²) in [6, 6.07) is 1.65. The highest BCUT2D eigenvalue weighted by atomic mass is 32.2. The van der Waals surface area contributed by atoms with Crippen LogP contribution in [0, 0.1) is 0 Å². The smallest absolute Gasteiger partial charge is 0.338 e. The number of rotatable bonds is 7. The van der Waals surface area contributed by atoms with Crippen LogP contribution in [-0.4, -0.2) is 47.8 Å². The molecule has 0 saturated carbocycles. The number of allylic oxidation sites excluding steroid dienone is 1. The molecule has 2 atom stereocenters. The van der Waals surface area contributed by atoms with Gasteiger partial charge in [-0.2, -0.15) is 11.3 Å². The standard InChI is InChI=1S/C21H25N3O4S2/c1-3-27-20(26)18-13(2)23-21-24(19(18)14-6-8-29-11-14)15(12-30-21)9-17(25)22-10-16-5-4-7-28-16/h6,8,11-12,16,19H,3-5,7,9-10H2,1-2H3,(H,22,25). The van der Waals surface area contributed by atoms with Gasteiger partial charge in [0, 0.05) is 18.8 Å². The van der Waals surface area contributed by atoms with Crippen molar-refractivity contribution in [3.63, 3.8) is 0 Å². The van der Waals surface area contributed by atoms with Gasteiger partial charge >= 0.3 is 5.97 Å². The Bertz CT molecular complexity index is 901. The van der Waals surface area contributed by atoms with Crippen LogP contribution >= 0.6 is 23.1 Å². The molecule has 0 aliphatic carbocycles. The fraction of sp³-hybridized carbons (Fsp3) is 0.476. The van der Waals surface area contributed by atoms with Crippen molar-refractivity contribution >= 4 is 40.1 Å². The fourth-order valence-electron chi connectivity index (χ4n) is 3.85. The first-order chi connectivity index (χ1) is 14.6. The molecular formula is C21H25N3O4S2. The number of thioether (sulfide) groups is 1. The number of amidine groups is 1. The van der Waals surface area contributed by atoms with Crippen LogP contribution in [0.4, 0.5) is 0 Å². The number of nitrogens with one attached hydrogen (secondary N) is 1. The Balaban J connectivity index is 1.55. The number of amides is 1. The van der Waals surface area contributed by atoms with Crippen LogP contribution in [0.5, 0.6) is 0 Å². The van der Waals surface area contributed by atoms with Crippen molar-refractivity contribution in [3.8, 4) is 0 Å². The Morgan fingerprint density at radius 1 is 1.43 bits per heavy atom. The highest BCUT2D eigenvalue weighted by molar-refractivity contribution is 8.16. The first kappa shape index (κ1) is 21.1. The first-order valence-corrected chi connectivity index (χ1v) is 11.9. The summed E-state index contributed by atoms with van der Waals surface area (Å²) in [5, 5.41) is 9.72. The van der Waals surface area contributed by atoms with Gasteiger partial charge in [0.05, 0.1) is 36.4 Å². The third-order valence-corrected chi connectivity index (χ3v) is 6.84. The minimum atomic E-state index is -0.368. The van der Waals surface area contributed by atoms with E-state index >= 15 is 0 Å². The molecule has 0 aromatic carbocycles. The molecule has 3 aliphatic heterocycles. The molecule has 160 valence electrons. The summed E-state index contributed by atoms with van der Waals surface area (Å²) >= 11 is 3.05. The molecule has 1 fully saturated rings. The van der Waals surface area contributed by atoms with Gasteiger partial charge in [0.1, 0.15) is 0 Å². The van der Waals surface area contributed by atoms with E-state index in [1.54, 1.807) is 18.3 Å². The lowest BCUT2D eigenvalue weighted by molar-refractivity contribution is -0.139. The zero-order valence-electron chi connectivity index (χ0n) is 17.1. The lowest BCUT2D eigenvalue weighted by Gasteiger charge is -2.35. The van der Waals surface area contributed by atoms with Gasteiger partial charge in [0.15, 0.2) is 5.17 Å². The van der Waals surface area contributed by atoms with Crippen molar-refractivity contribution in [2.75, 3.05) is 19.8 Å². The molecule has 1 saturated heterocycles. The lowest BCUT2D eigenvalue weighted by Crippen LogP contribution is -2.38. The zero-order valence-corrected chi connectivity index (χ0v) is 18.7. The molecule has 0 bridgehead atoms. The number of nitrogens with zero attached hydrogens (tertiary/aromatic N) is 2. The SMILES string of the molecule is CCOC(=O)C1=C(C)N=C2SC=C(CC(=O)NCC3CCCO3)N2C1c1ccsc1. The van der Waals surface area contributed by atoms with Crippen molar-refractivity contribution in [2.45, 2.75) is 45.3 Å². The number of esters is 1. The topological polar surface area (TPSA) is 80.2 Å². The maximum atomic E-state index is 12.8. The van der Waals surface area contributed by atoms with Crippen LogP contribution in [0.3, 0.4) is 0 Å². The summed E-state index contributed by atoms with van der Waals surface area (Å²) < 4.78 is 10.9. The normalized spacial score (nSPS) is 23.2. The maximum absolute atomic E-state index is 12.8. The third-order valence-electron chi connectivity index (χ3n) is 5.25. The van der Waals surface area contributed by atoms with E-state index in [1.165, 1.54) is 11.8 Å². The van der Waals surface area contributed by atoms with Crippen LogP contribution in [0.2, 0.25) is 0 Å². The Hall–Kier alpha value is -2.10. The number of thiophene rings is 1. The number of hydrogen-bond acceptors (Lipinski definition) is 8. The van der Waals surface area contributed by atoms with Crippen LogP contribution in [0.25, 0.3) is 0 Å². The molecular weight excluding hydrogens is 422 g/mol. The van der Waals surface area contributed by atoms with Crippen molar-refractivity contribution in [2.24, 2.45) is 4.99 Å². The van der Waals surface area contributed by atoms with Gasteiger partial charge in [-0.05, 0) is 54.5 Å². The molecule has 4 heterocycles. The molecule has 2 unspecified atom stereocenters. The number of aliphatic imine (C=N–C) groups is 1. The number of fused-ring (bicyclic) bond motifs is 1. The predicted molar refractivity (Wildman–Crippen MR) is 118 cm³/mol. The average Bonchev–Trinajstić information content (AvgIpc) is 3.48. The van der Waals surface area contributed by atoms with E-state index in [0.29, 0.717) is 24.4 Å². The summed E-state index contributed by atoms with van der Waals surface area (Å²) in [7, 11) is 0. The Kier molecular flexibility index (Phi) is 6.60. The van der Waals surface area contributed by atoms with E-state index in [-0.39, 0.29) is 30.4 Å². The van der Waals surface area contributed by atoms with Gasteiger partial charge < -0.3 is 19.7 Å². The van der Waals surface area contributed by atoms with Crippen molar-refractivity contribution in [1.29, 1.82) is 0 Å². The fourth-order valence-corrected chi connectivity index (χ4v) is 5.49. The second-order valence-corrected chi connectivity index (χ2v) is 8.90. The minimum absolute atomic E-state index is 0.0633. The van der Waals surface area contributed by atoms with Crippen molar-refractivity contribution in [3.05, 3.63) is 44.8 Å². The zero-order chi connectivity index (χ0) is 21.1. The summed E-state index contributed by atoms with van der Waals surface area (Å²) in [6.07, 6.45) is 2.34. The quantitative estimate of drug-likeness (QED) is 0.644. The van der Waals surface area contributed by atoms with E-state index < -0.39 is 0 Å². The first-order valence-electron chi connectivity index (χ1n) is 10.1. The minimum Gasteiger partial charge on any atom is -0.463 e. The molecule has 9 heteroatoms. The second-order valence-electron chi connectivity index (χ2n) is 7.29. The molecule has 7 nitrogen and oxygen atoms in total. The molecule has 4 rings (SSSR count). The highest BCUT2D eigenvalue weighted by Gasteiger charge is 2.41. The average molecular weight is 448 g/mol. The Morgan fingerprint density at radius 2 is 2.30 bits per heavy atom. The van der Waals surface area contributed by atoms with Gasteiger partial charge in [0.2, 0.25) is 5.91 Å². The van der Waals surface area contributed by atoms with Gasteiger partial charge in [0.25, 0.3) is 0 Å². The predicted octanol–water partition coefficient (Wildman–Crippen LogP) is 3.57. The summed E-state index contributed by atoms with van der Waals surface area (Å²) in [5.41, 5.74) is 2.99. The van der Waals surface area contributed by atoms with Crippen LogP contribution in [0.15, 0.2) is 44.2 Å². The molecule has 0 radical (unpaired) electrons. The van der Waals surface area contributed by atoms with E-state index in [0.717, 1.165) is 35.9 Å². The van der Waals surface area contributed by atoms with E-state index in [9.17, 15) is 9.59 Å². The van der Waals surface area contributed by atoms with Gasteiger partial charge in [-0.15, -0.1) is 0 Å². The molecule has 1 aromatic rings. The van der Waals surface area contributed by atoms with Crippen LogP contribution in [-0.2, 0) is 19.1 Å². The Morgan fingerprint density at radius 3 is 3.00 bits per heavy atom. The van der Waals surface area contributed by atoms with Crippen LogP contribution < -0.4 is 5.32 Å². The number of hydrogen-bond donors (Lipinski definition) is 1. The van der Waals surface area contributed by atoms with E-state index in [2.05, 4.69) is 10.3 Å². The maximum Gasteiger partial charge on any atom is 0.338 e. The monoisotopic (exact) mass is 447 g/mol. The summed E-state index contributed by atoms with van der Waals surface area (Å²) in [4.78, 5) is 32.0. The Labute approximate surface area is 184 Å². The molecule has 30 heavy (non-hydrogen) atoms. The van der Waals surface area contributed by atoms with Gasteiger partial charge in [-0.3, -0.25) is 4.79 Å². The third kappa shape index (κ3) is 4.33. The highest BCUT2D eigenvalue weighted by Crippen LogP contribution is 2.45. The number of carbonyl (C=O) groups is 2. The van der Waals surface area contributed by atoms with E-state index in [1.807, 2.05) is 34.1 Å².